The first-order valence-electron chi connectivity index (χ1n) is 6.48. The second-order valence-corrected chi connectivity index (χ2v) is 8.29. The topological polar surface area (TPSA) is 0 Å². The van der Waals surface area contributed by atoms with Gasteiger partial charge in [0.2, 0.25) is 0 Å². The summed E-state index contributed by atoms with van der Waals surface area (Å²) in [5.74, 6) is 0. The molecule has 1 heteroatoms. The number of hydrogen-bond acceptors (Lipinski definition) is 0. The fourth-order valence-electron chi connectivity index (χ4n) is 2.62. The summed E-state index contributed by atoms with van der Waals surface area (Å²) in [4.78, 5) is 0. The van der Waals surface area contributed by atoms with Gasteiger partial charge in [-0.1, -0.05) is 0 Å². The Kier molecular flexibility index (Phi) is 3.96. The molecule has 0 N–H and O–H groups in total. The van der Waals surface area contributed by atoms with Crippen molar-refractivity contribution in [1.29, 1.82) is 0 Å². The number of rotatable bonds is 2. The third kappa shape index (κ3) is 2.69. The van der Waals surface area contributed by atoms with Crippen LogP contribution in [0, 0.1) is 34.6 Å². The molecule has 0 aliphatic heterocycles. The van der Waals surface area contributed by atoms with Gasteiger partial charge in [0.15, 0.2) is 0 Å². The van der Waals surface area contributed by atoms with Gasteiger partial charge in [-0.05, 0) is 0 Å². The molecule has 0 heterocycles. The van der Waals surface area contributed by atoms with E-state index in [1.54, 1.807) is 8.79 Å². The van der Waals surface area contributed by atoms with E-state index in [0.29, 0.717) is 0 Å². The zero-order valence-corrected chi connectivity index (χ0v) is 14.4. The van der Waals surface area contributed by atoms with Gasteiger partial charge in [0, 0.05) is 0 Å². The number of benzene rings is 2. The van der Waals surface area contributed by atoms with Crippen LogP contribution >= 0.6 is 0 Å². The van der Waals surface area contributed by atoms with Gasteiger partial charge in [-0.3, -0.25) is 0 Å². The van der Waals surface area contributed by atoms with Gasteiger partial charge >= 0.3 is 117 Å². The predicted octanol–water partition coefficient (Wildman–Crippen LogP) is 2.62. The van der Waals surface area contributed by atoms with Crippen molar-refractivity contribution in [2.75, 3.05) is 0 Å². The molecular weight excluding hydrogens is 277 g/mol. The second kappa shape index (κ2) is 5.31. The van der Waals surface area contributed by atoms with E-state index in [-0.39, 0.29) is 0 Å². The van der Waals surface area contributed by atoms with Crippen LogP contribution in [0.25, 0.3) is 0 Å². The minimum absolute atomic E-state index is 0.543. The first-order chi connectivity index (χ1) is 8.49. The molecule has 0 saturated carbocycles. The van der Waals surface area contributed by atoms with Crippen LogP contribution in [0.5, 0.6) is 0 Å². The Labute approximate surface area is 117 Å². The molecule has 0 aromatic heterocycles. The summed E-state index contributed by atoms with van der Waals surface area (Å²) in [6.45, 7) is 11.2. The van der Waals surface area contributed by atoms with Gasteiger partial charge in [-0.15, -0.1) is 0 Å². The molecule has 0 amide bonds. The Bertz CT molecular complexity index is 539. The molecule has 0 aliphatic carbocycles. The molecule has 2 aromatic rings. The van der Waals surface area contributed by atoms with Crippen molar-refractivity contribution in [3.63, 3.8) is 0 Å². The quantitative estimate of drug-likeness (QED) is 0.748. The number of hydrogen-bond donors (Lipinski definition) is 0. The van der Waals surface area contributed by atoms with E-state index in [1.807, 2.05) is 0 Å². The van der Waals surface area contributed by atoms with Gasteiger partial charge in [-0.2, -0.15) is 0 Å². The van der Waals surface area contributed by atoms with Crippen LogP contribution in [-0.4, -0.2) is 15.4 Å². The molecule has 0 bridgehead atoms. The molecule has 0 nitrogen and oxygen atoms in total. The number of aryl methyl sites for hydroxylation is 5. The summed E-state index contributed by atoms with van der Waals surface area (Å²) in [5, 5.41) is 0. The Morgan fingerprint density at radius 1 is 0.667 bits per heavy atom. The molecule has 2 aromatic carbocycles. The van der Waals surface area contributed by atoms with Crippen LogP contribution in [0.4, 0.5) is 0 Å². The molecule has 0 atom stereocenters. The average molecular weight is 298 g/mol. The Morgan fingerprint density at radius 2 is 1.11 bits per heavy atom. The summed E-state index contributed by atoms with van der Waals surface area (Å²) in [7, 11) is 0. The third-order valence-electron chi connectivity index (χ3n) is 3.57. The molecular formula is C17H21Ge. The monoisotopic (exact) mass is 299 g/mol. The SMILES string of the molecule is Cc1cc(C)[c]([GeH][c]2c(C)cccc2C)c(C)c1. The molecule has 0 spiro atoms. The van der Waals surface area contributed by atoms with Crippen molar-refractivity contribution in [3.8, 4) is 0 Å². The molecule has 0 fully saturated rings. The van der Waals surface area contributed by atoms with E-state index >= 15 is 0 Å². The molecule has 0 saturated heterocycles. The molecule has 0 unspecified atom stereocenters. The van der Waals surface area contributed by atoms with E-state index in [9.17, 15) is 0 Å². The van der Waals surface area contributed by atoms with Crippen molar-refractivity contribution < 1.29 is 0 Å². The predicted molar refractivity (Wildman–Crippen MR) is 83.0 cm³/mol. The van der Waals surface area contributed by atoms with Crippen molar-refractivity contribution in [2.24, 2.45) is 0 Å². The maximum atomic E-state index is 2.33. The van der Waals surface area contributed by atoms with Crippen LogP contribution in [0.1, 0.15) is 27.8 Å². The van der Waals surface area contributed by atoms with Gasteiger partial charge in [0.1, 0.15) is 0 Å². The van der Waals surface area contributed by atoms with Crippen LogP contribution in [-0.2, 0) is 0 Å². The van der Waals surface area contributed by atoms with Gasteiger partial charge in [0.25, 0.3) is 0 Å². The average Bonchev–Trinajstić information content (AvgIpc) is 2.26. The van der Waals surface area contributed by atoms with E-state index in [4.69, 9.17) is 0 Å². The normalized spacial score (nSPS) is 10.7. The first-order valence-corrected chi connectivity index (χ1v) is 8.90. The summed E-state index contributed by atoms with van der Waals surface area (Å²) >= 11 is -0.543. The van der Waals surface area contributed by atoms with Crippen molar-refractivity contribution in [1.82, 2.24) is 0 Å². The molecule has 93 valence electrons. The van der Waals surface area contributed by atoms with E-state index < -0.39 is 15.4 Å². The van der Waals surface area contributed by atoms with Gasteiger partial charge in [0.05, 0.1) is 0 Å². The van der Waals surface area contributed by atoms with Crippen LogP contribution < -0.4 is 8.79 Å². The Hall–Kier alpha value is -1.02. The Morgan fingerprint density at radius 3 is 1.61 bits per heavy atom. The van der Waals surface area contributed by atoms with Crippen LogP contribution in [0.15, 0.2) is 30.3 Å². The molecule has 18 heavy (non-hydrogen) atoms. The minimum atomic E-state index is -0.543. The van der Waals surface area contributed by atoms with E-state index in [0.717, 1.165) is 0 Å². The van der Waals surface area contributed by atoms with Crippen molar-refractivity contribution in [3.05, 3.63) is 58.1 Å². The standard InChI is InChI=1S/C17H21Ge/c1-11-9-14(4)17(15(5)10-11)18-16-12(2)7-6-8-13(16)3/h6-10,18H,1-5H3. The van der Waals surface area contributed by atoms with Crippen molar-refractivity contribution >= 4 is 24.2 Å². The zero-order chi connectivity index (χ0) is 13.3. The summed E-state index contributed by atoms with van der Waals surface area (Å²) < 4.78 is 3.28. The molecule has 1 radical (unpaired) electrons. The van der Waals surface area contributed by atoms with Gasteiger partial charge < -0.3 is 0 Å². The van der Waals surface area contributed by atoms with Crippen molar-refractivity contribution in [2.45, 2.75) is 34.6 Å². The zero-order valence-electron chi connectivity index (χ0n) is 12.0. The summed E-state index contributed by atoms with van der Waals surface area (Å²) in [5.41, 5.74) is 7.28. The van der Waals surface area contributed by atoms with Gasteiger partial charge in [-0.25, -0.2) is 0 Å². The van der Waals surface area contributed by atoms with E-state index in [2.05, 4.69) is 65.0 Å². The second-order valence-electron chi connectivity index (χ2n) is 5.26. The van der Waals surface area contributed by atoms with Crippen LogP contribution in [0.3, 0.4) is 0 Å². The molecule has 2 rings (SSSR count). The Balaban J connectivity index is 2.47. The van der Waals surface area contributed by atoms with Crippen LogP contribution in [0.2, 0.25) is 0 Å². The fraction of sp³-hybridized carbons (Fsp3) is 0.294. The first kappa shape index (κ1) is 13.4. The molecule has 0 aliphatic rings. The summed E-state index contributed by atoms with van der Waals surface area (Å²) in [6.07, 6.45) is 0. The maximum absolute atomic E-state index is 2.33. The van der Waals surface area contributed by atoms with E-state index in [1.165, 1.54) is 27.8 Å². The fourth-order valence-corrected chi connectivity index (χ4v) is 5.89. The summed E-state index contributed by atoms with van der Waals surface area (Å²) in [6, 6.07) is 11.3. The third-order valence-corrected chi connectivity index (χ3v) is 8.60.